The highest BCUT2D eigenvalue weighted by atomic mass is 32.1. The van der Waals surface area contributed by atoms with E-state index in [1.807, 2.05) is 6.07 Å². The molecule has 4 heterocycles. The minimum atomic E-state index is -4.35. The number of ether oxygens (including phenoxy) is 2. The molecule has 3 aromatic heterocycles. The van der Waals surface area contributed by atoms with Crippen LogP contribution < -0.4 is 10.6 Å². The molecule has 1 aliphatic heterocycles. The van der Waals surface area contributed by atoms with Gasteiger partial charge in [0, 0.05) is 58.3 Å². The summed E-state index contributed by atoms with van der Waals surface area (Å²) in [6.45, 7) is 5.80. The predicted molar refractivity (Wildman–Crippen MR) is 152 cm³/mol. The molecule has 5 rings (SSSR count). The Morgan fingerprint density at radius 2 is 1.90 bits per heavy atom. The number of nitrogens with zero attached hydrogens (tertiary/aromatic N) is 4. The molecule has 0 saturated carbocycles. The average Bonchev–Trinajstić information content (AvgIpc) is 3.56. The molecule has 0 amide bonds. The lowest BCUT2D eigenvalue weighted by Crippen LogP contribution is -2.44. The largest absolute Gasteiger partial charge is 0.416 e. The minimum Gasteiger partial charge on any atom is -0.379 e. The Labute approximate surface area is 238 Å². The average molecular weight is 593 g/mol. The van der Waals surface area contributed by atoms with Gasteiger partial charge in [-0.2, -0.15) is 13.2 Å². The Hall–Kier alpha value is -2.68. The fraction of sp³-hybridized carbons (Fsp3) is 0.444. The SMILES string of the molecule is COCc1nc(NC[C@H](Cc2ccc(C(F)(F)F)cc2)NCCN2CCOCC2)sc1-c1nc2ccncc2s1. The number of morpholine rings is 1. The van der Waals surface area contributed by atoms with Crippen LogP contribution >= 0.6 is 22.7 Å². The summed E-state index contributed by atoms with van der Waals surface area (Å²) in [7, 11) is 1.64. The Bertz CT molecular complexity index is 1340. The van der Waals surface area contributed by atoms with E-state index in [-0.39, 0.29) is 6.04 Å². The van der Waals surface area contributed by atoms with Crippen LogP contribution in [0.15, 0.2) is 42.7 Å². The first-order valence-electron chi connectivity index (χ1n) is 13.0. The van der Waals surface area contributed by atoms with Crippen molar-refractivity contribution in [2.24, 2.45) is 0 Å². The van der Waals surface area contributed by atoms with Gasteiger partial charge in [-0.25, -0.2) is 9.97 Å². The van der Waals surface area contributed by atoms with Crippen molar-refractivity contribution in [2.75, 3.05) is 58.4 Å². The molecule has 1 aliphatic rings. The molecule has 8 nitrogen and oxygen atoms in total. The summed E-state index contributed by atoms with van der Waals surface area (Å²) in [4.78, 5) is 17.0. The summed E-state index contributed by atoms with van der Waals surface area (Å²) in [5.41, 5.74) is 1.89. The van der Waals surface area contributed by atoms with Crippen LogP contribution in [0, 0.1) is 0 Å². The number of methoxy groups -OCH3 is 1. The highest BCUT2D eigenvalue weighted by Gasteiger charge is 2.30. The third kappa shape index (κ3) is 7.53. The van der Waals surface area contributed by atoms with E-state index in [1.54, 1.807) is 43.0 Å². The highest BCUT2D eigenvalue weighted by Crippen LogP contribution is 2.38. The number of hydrogen-bond acceptors (Lipinski definition) is 10. The van der Waals surface area contributed by atoms with Crippen LogP contribution in [0.3, 0.4) is 0 Å². The van der Waals surface area contributed by atoms with Crippen molar-refractivity contribution in [3.05, 3.63) is 59.5 Å². The normalized spacial score (nSPS) is 15.5. The molecule has 1 atom stereocenters. The van der Waals surface area contributed by atoms with E-state index in [2.05, 4.69) is 20.5 Å². The molecule has 0 radical (unpaired) electrons. The lowest BCUT2D eigenvalue weighted by molar-refractivity contribution is -0.137. The van der Waals surface area contributed by atoms with Gasteiger partial charge in [0.15, 0.2) is 5.13 Å². The van der Waals surface area contributed by atoms with Crippen LogP contribution in [0.4, 0.5) is 18.3 Å². The van der Waals surface area contributed by atoms with Crippen LogP contribution in [0.5, 0.6) is 0 Å². The van der Waals surface area contributed by atoms with Crippen LogP contribution in [0.1, 0.15) is 16.8 Å². The smallest absolute Gasteiger partial charge is 0.379 e. The van der Waals surface area contributed by atoms with Crippen molar-refractivity contribution < 1.29 is 22.6 Å². The summed E-state index contributed by atoms with van der Waals surface area (Å²) in [6.07, 6.45) is -0.244. The van der Waals surface area contributed by atoms with E-state index in [0.717, 1.165) is 88.0 Å². The van der Waals surface area contributed by atoms with Crippen molar-refractivity contribution >= 4 is 38.0 Å². The first-order chi connectivity index (χ1) is 19.4. The number of pyridine rings is 1. The molecule has 2 N–H and O–H groups in total. The number of anilines is 1. The van der Waals surface area contributed by atoms with Crippen molar-refractivity contribution in [3.63, 3.8) is 0 Å². The second-order valence-electron chi connectivity index (χ2n) is 9.48. The van der Waals surface area contributed by atoms with Gasteiger partial charge in [-0.1, -0.05) is 23.5 Å². The zero-order valence-electron chi connectivity index (χ0n) is 22.0. The Kier molecular flexibility index (Phi) is 9.60. The lowest BCUT2D eigenvalue weighted by Gasteiger charge is -2.28. The maximum atomic E-state index is 13.0. The van der Waals surface area contributed by atoms with E-state index in [1.165, 1.54) is 11.3 Å². The minimum absolute atomic E-state index is 0.0236. The Morgan fingerprint density at radius 1 is 1.10 bits per heavy atom. The molecular weight excluding hydrogens is 561 g/mol. The van der Waals surface area contributed by atoms with Crippen molar-refractivity contribution in [1.29, 1.82) is 0 Å². The molecule has 40 heavy (non-hydrogen) atoms. The fourth-order valence-corrected chi connectivity index (χ4v) is 6.50. The second-order valence-corrected chi connectivity index (χ2v) is 11.5. The van der Waals surface area contributed by atoms with Crippen LogP contribution in [0.2, 0.25) is 0 Å². The molecule has 1 aromatic carbocycles. The topological polar surface area (TPSA) is 84.4 Å². The Morgan fingerprint density at radius 3 is 2.62 bits per heavy atom. The molecule has 1 fully saturated rings. The van der Waals surface area contributed by atoms with Gasteiger partial charge >= 0.3 is 6.18 Å². The number of thiazole rings is 2. The summed E-state index contributed by atoms with van der Waals surface area (Å²) in [6, 6.07) is 7.26. The van der Waals surface area contributed by atoms with Gasteiger partial charge in [0.25, 0.3) is 0 Å². The fourth-order valence-electron chi connectivity index (χ4n) is 4.50. The van der Waals surface area contributed by atoms with E-state index >= 15 is 0 Å². The number of fused-ring (bicyclic) bond motifs is 1. The first-order valence-corrected chi connectivity index (χ1v) is 14.7. The molecule has 1 saturated heterocycles. The Balaban J connectivity index is 1.28. The first kappa shape index (κ1) is 28.8. The zero-order chi connectivity index (χ0) is 28.0. The van der Waals surface area contributed by atoms with E-state index in [4.69, 9.17) is 19.4 Å². The van der Waals surface area contributed by atoms with Gasteiger partial charge in [-0.05, 0) is 30.2 Å². The monoisotopic (exact) mass is 592 g/mol. The number of aromatic nitrogens is 3. The number of alkyl halides is 3. The van der Waals surface area contributed by atoms with Gasteiger partial charge in [-0.3, -0.25) is 9.88 Å². The highest BCUT2D eigenvalue weighted by molar-refractivity contribution is 7.26. The van der Waals surface area contributed by atoms with Crippen LogP contribution in [-0.4, -0.2) is 78.9 Å². The molecular formula is C27H31F3N6O2S2. The quantitative estimate of drug-likeness (QED) is 0.240. The predicted octanol–water partition coefficient (Wildman–Crippen LogP) is 4.93. The number of halogens is 3. The lowest BCUT2D eigenvalue weighted by atomic mass is 10.0. The third-order valence-corrected chi connectivity index (χ3v) is 8.81. The maximum Gasteiger partial charge on any atom is 0.416 e. The van der Waals surface area contributed by atoms with Crippen LogP contribution in [-0.2, 0) is 28.7 Å². The number of benzene rings is 1. The molecule has 13 heteroatoms. The number of rotatable bonds is 12. The summed E-state index contributed by atoms with van der Waals surface area (Å²) in [5.74, 6) is 0. The molecule has 0 unspecified atom stereocenters. The standard InChI is InChI=1S/C27H31F3N6O2S2/c1-37-17-22-24(25-34-21-6-7-31-16-23(21)39-25)40-26(35-22)33-15-20(32-8-9-36-10-12-38-13-11-36)14-18-2-4-19(5-3-18)27(28,29)30/h2-7,16,20,32H,8-15,17H2,1H3,(H,33,35)/t20-/m0/s1. The molecule has 214 valence electrons. The van der Waals surface area contributed by atoms with Gasteiger partial charge in [0.2, 0.25) is 0 Å². The summed E-state index contributed by atoms with van der Waals surface area (Å²) in [5, 5.41) is 8.66. The zero-order valence-corrected chi connectivity index (χ0v) is 23.7. The van der Waals surface area contributed by atoms with Crippen molar-refractivity contribution in [1.82, 2.24) is 25.2 Å². The third-order valence-electron chi connectivity index (χ3n) is 6.59. The maximum absolute atomic E-state index is 13.0. The van der Waals surface area contributed by atoms with Crippen molar-refractivity contribution in [2.45, 2.75) is 25.2 Å². The van der Waals surface area contributed by atoms with Crippen LogP contribution in [0.25, 0.3) is 20.1 Å². The molecule has 0 aliphatic carbocycles. The van der Waals surface area contributed by atoms with Gasteiger partial charge in [0.1, 0.15) is 5.01 Å². The molecule has 4 aromatic rings. The second kappa shape index (κ2) is 13.3. The summed E-state index contributed by atoms with van der Waals surface area (Å²) >= 11 is 3.08. The summed E-state index contributed by atoms with van der Waals surface area (Å²) < 4.78 is 51.0. The van der Waals surface area contributed by atoms with E-state index in [0.29, 0.717) is 19.6 Å². The molecule has 0 bridgehead atoms. The van der Waals surface area contributed by atoms with E-state index < -0.39 is 11.7 Å². The van der Waals surface area contributed by atoms with Gasteiger partial charge < -0.3 is 20.1 Å². The number of nitrogens with one attached hydrogen (secondary N) is 2. The van der Waals surface area contributed by atoms with Crippen molar-refractivity contribution in [3.8, 4) is 9.88 Å². The van der Waals surface area contributed by atoms with Gasteiger partial charge in [0.05, 0.1) is 46.2 Å². The molecule has 0 spiro atoms. The van der Waals surface area contributed by atoms with E-state index in [9.17, 15) is 13.2 Å². The van der Waals surface area contributed by atoms with Gasteiger partial charge in [-0.15, -0.1) is 11.3 Å². The number of hydrogen-bond donors (Lipinski definition) is 2.